The molecule has 9 nitrogen and oxygen atoms in total. The molecule has 4 N–H and O–H groups in total. The lowest BCUT2D eigenvalue weighted by Gasteiger charge is -2.34. The molecule has 1 aliphatic heterocycles. The first kappa shape index (κ1) is 20.2. The van der Waals surface area contributed by atoms with E-state index in [4.69, 9.17) is 10.5 Å². The summed E-state index contributed by atoms with van der Waals surface area (Å²) < 4.78 is 5.02. The zero-order valence-electron chi connectivity index (χ0n) is 15.2. The van der Waals surface area contributed by atoms with Crippen molar-refractivity contribution < 1.29 is 23.9 Å². The van der Waals surface area contributed by atoms with Crippen LogP contribution >= 0.6 is 0 Å². The lowest BCUT2D eigenvalue weighted by molar-refractivity contribution is -0.151. The number of rotatable bonds is 8. The number of anilines is 1. The molecule has 1 saturated heterocycles. The van der Waals surface area contributed by atoms with Gasteiger partial charge in [-0.15, -0.1) is 0 Å². The van der Waals surface area contributed by atoms with Crippen molar-refractivity contribution >= 4 is 29.4 Å². The Morgan fingerprint density at radius 1 is 1.33 bits per heavy atom. The van der Waals surface area contributed by atoms with E-state index in [9.17, 15) is 19.2 Å². The Hall–Kier alpha value is -3.10. The zero-order valence-corrected chi connectivity index (χ0v) is 15.2. The molecule has 0 spiro atoms. The molecular formula is C18H24N4O5. The number of carbonyl (C=O) groups is 4. The maximum Gasteiger partial charge on any atom is 0.308 e. The number of nitrogens with zero attached hydrogens (tertiary/aromatic N) is 1. The smallest absolute Gasteiger partial charge is 0.308 e. The Bertz CT molecular complexity index is 721. The van der Waals surface area contributed by atoms with E-state index in [2.05, 4.69) is 10.6 Å². The molecule has 1 atom stereocenters. The van der Waals surface area contributed by atoms with Crippen LogP contribution in [0.3, 0.4) is 0 Å². The van der Waals surface area contributed by atoms with Crippen LogP contribution in [0, 0.1) is 0 Å². The largest absolute Gasteiger partial charge is 0.466 e. The Morgan fingerprint density at radius 2 is 2.07 bits per heavy atom. The van der Waals surface area contributed by atoms with Gasteiger partial charge < -0.3 is 26.0 Å². The highest BCUT2D eigenvalue weighted by Crippen LogP contribution is 2.15. The van der Waals surface area contributed by atoms with Crippen LogP contribution in [0.1, 0.15) is 30.1 Å². The highest BCUT2D eigenvalue weighted by Gasteiger charge is 2.35. The second-order valence-electron chi connectivity index (χ2n) is 6.08. The number of amides is 3. The fraction of sp³-hybridized carbons (Fsp3) is 0.444. The Labute approximate surface area is 157 Å². The third-order valence-corrected chi connectivity index (χ3v) is 4.10. The van der Waals surface area contributed by atoms with Crippen molar-refractivity contribution in [3.05, 3.63) is 29.8 Å². The highest BCUT2D eigenvalue weighted by atomic mass is 16.5. The first-order chi connectivity index (χ1) is 12.9. The number of esters is 1. The van der Waals surface area contributed by atoms with Gasteiger partial charge in [0.2, 0.25) is 11.8 Å². The second kappa shape index (κ2) is 9.56. The molecule has 1 heterocycles. The van der Waals surface area contributed by atoms with E-state index in [1.54, 1.807) is 24.3 Å². The summed E-state index contributed by atoms with van der Waals surface area (Å²) in [5, 5.41) is 5.53. The number of nitrogens with one attached hydrogen (secondary N) is 2. The van der Waals surface area contributed by atoms with Crippen LogP contribution < -0.4 is 16.4 Å². The van der Waals surface area contributed by atoms with E-state index < -0.39 is 17.9 Å². The van der Waals surface area contributed by atoms with E-state index in [0.29, 0.717) is 18.7 Å². The van der Waals surface area contributed by atoms with Crippen LogP contribution in [0.4, 0.5) is 5.69 Å². The van der Waals surface area contributed by atoms with Gasteiger partial charge in [-0.25, -0.2) is 0 Å². The number of ether oxygens (including phenoxy) is 1. The molecule has 0 aromatic heterocycles. The molecule has 0 bridgehead atoms. The Balaban J connectivity index is 2.03. The van der Waals surface area contributed by atoms with Crippen LogP contribution in [0.15, 0.2) is 24.3 Å². The lowest BCUT2D eigenvalue weighted by Crippen LogP contribution is -2.58. The molecule has 1 unspecified atom stereocenters. The molecule has 27 heavy (non-hydrogen) atoms. The van der Waals surface area contributed by atoms with Gasteiger partial charge >= 0.3 is 5.97 Å². The first-order valence-electron chi connectivity index (χ1n) is 8.79. The first-order valence-corrected chi connectivity index (χ1v) is 8.79. The minimum Gasteiger partial charge on any atom is -0.466 e. The topological polar surface area (TPSA) is 131 Å². The second-order valence-corrected chi connectivity index (χ2v) is 6.08. The van der Waals surface area contributed by atoms with Gasteiger partial charge in [0, 0.05) is 18.8 Å². The summed E-state index contributed by atoms with van der Waals surface area (Å²) in [7, 11) is 0. The number of piperazine rings is 1. The number of hydrogen-bond acceptors (Lipinski definition) is 6. The zero-order chi connectivity index (χ0) is 19.8. The minimum atomic E-state index is -0.913. The average molecular weight is 376 g/mol. The molecule has 146 valence electrons. The summed E-state index contributed by atoms with van der Waals surface area (Å²) in [6, 6.07) is 5.65. The molecule has 0 radical (unpaired) electrons. The number of carbonyl (C=O) groups excluding carboxylic acids is 4. The number of primary amides is 1. The van der Waals surface area contributed by atoms with Gasteiger partial charge in [0.1, 0.15) is 6.04 Å². The van der Waals surface area contributed by atoms with Gasteiger partial charge in [-0.1, -0.05) is 19.1 Å². The van der Waals surface area contributed by atoms with Crippen LogP contribution in [0.25, 0.3) is 0 Å². The Morgan fingerprint density at radius 3 is 2.78 bits per heavy atom. The van der Waals surface area contributed by atoms with Crippen LogP contribution in [-0.2, 0) is 19.1 Å². The van der Waals surface area contributed by atoms with Gasteiger partial charge in [0.05, 0.1) is 25.1 Å². The van der Waals surface area contributed by atoms with Gasteiger partial charge in [-0.2, -0.15) is 0 Å². The van der Waals surface area contributed by atoms with Crippen molar-refractivity contribution in [1.82, 2.24) is 10.2 Å². The fourth-order valence-corrected chi connectivity index (χ4v) is 2.77. The molecule has 0 saturated carbocycles. The quantitative estimate of drug-likeness (QED) is 0.542. The summed E-state index contributed by atoms with van der Waals surface area (Å²) in [5.41, 5.74) is 6.01. The lowest BCUT2D eigenvalue weighted by atomic mass is 10.1. The van der Waals surface area contributed by atoms with Crippen molar-refractivity contribution in [1.29, 1.82) is 0 Å². The van der Waals surface area contributed by atoms with E-state index in [1.165, 1.54) is 4.90 Å². The van der Waals surface area contributed by atoms with E-state index in [1.807, 2.05) is 6.92 Å². The van der Waals surface area contributed by atoms with Crippen LogP contribution in [0.5, 0.6) is 0 Å². The molecule has 1 aromatic rings. The predicted molar refractivity (Wildman–Crippen MR) is 97.8 cm³/mol. The molecule has 2 rings (SSSR count). The van der Waals surface area contributed by atoms with Crippen molar-refractivity contribution in [3.63, 3.8) is 0 Å². The van der Waals surface area contributed by atoms with Crippen molar-refractivity contribution in [2.75, 3.05) is 31.6 Å². The summed E-state index contributed by atoms with van der Waals surface area (Å²) in [5.74, 6) is -1.89. The van der Waals surface area contributed by atoms with E-state index >= 15 is 0 Å². The third-order valence-electron chi connectivity index (χ3n) is 4.10. The molecule has 1 fully saturated rings. The van der Waals surface area contributed by atoms with E-state index in [-0.39, 0.29) is 43.5 Å². The molecule has 9 heteroatoms. The monoisotopic (exact) mass is 376 g/mol. The normalized spacial score (nSPS) is 16.4. The highest BCUT2D eigenvalue weighted by molar-refractivity contribution is 5.99. The van der Waals surface area contributed by atoms with Gasteiger partial charge in [-0.3, -0.25) is 19.2 Å². The number of hydrogen-bond donors (Lipinski definition) is 3. The summed E-state index contributed by atoms with van der Waals surface area (Å²) >= 11 is 0. The van der Waals surface area contributed by atoms with Gasteiger partial charge in [0.15, 0.2) is 0 Å². The molecular weight excluding hydrogens is 352 g/mol. The SMILES string of the molecule is CCCOC(=O)CC1C(=O)NCCN1C(=O)CNc1ccccc1C(N)=O. The van der Waals surface area contributed by atoms with Crippen LogP contribution in [-0.4, -0.2) is 60.9 Å². The maximum absolute atomic E-state index is 12.6. The predicted octanol–water partition coefficient (Wildman–Crippen LogP) is -0.132. The number of para-hydroxylation sites is 1. The molecule has 1 aromatic carbocycles. The summed E-state index contributed by atoms with van der Waals surface area (Å²) in [4.78, 5) is 49.4. The van der Waals surface area contributed by atoms with E-state index in [0.717, 1.165) is 0 Å². The standard InChI is InChI=1S/C18H24N4O5/c1-2-9-27-16(24)10-14-18(26)20-7-8-22(14)15(23)11-21-13-6-4-3-5-12(13)17(19)25/h3-6,14,21H,2,7-11H2,1H3,(H2,19,25)(H,20,26). The maximum atomic E-state index is 12.6. The number of nitrogens with two attached hydrogens (primary N) is 1. The third kappa shape index (κ3) is 5.44. The van der Waals surface area contributed by atoms with Crippen molar-refractivity contribution in [2.45, 2.75) is 25.8 Å². The minimum absolute atomic E-state index is 0.141. The Kier molecular flexibility index (Phi) is 7.16. The summed E-state index contributed by atoms with van der Waals surface area (Å²) in [6.45, 7) is 2.59. The van der Waals surface area contributed by atoms with Crippen LogP contribution in [0.2, 0.25) is 0 Å². The van der Waals surface area contributed by atoms with Crippen molar-refractivity contribution in [3.8, 4) is 0 Å². The fourth-order valence-electron chi connectivity index (χ4n) is 2.77. The van der Waals surface area contributed by atoms with Gasteiger partial charge in [-0.05, 0) is 18.6 Å². The van der Waals surface area contributed by atoms with Gasteiger partial charge in [0.25, 0.3) is 5.91 Å². The van der Waals surface area contributed by atoms with Crippen molar-refractivity contribution in [2.24, 2.45) is 5.73 Å². The number of benzene rings is 1. The molecule has 0 aliphatic carbocycles. The molecule has 1 aliphatic rings. The summed E-state index contributed by atoms with van der Waals surface area (Å²) in [6.07, 6.45) is 0.476. The average Bonchev–Trinajstić information content (AvgIpc) is 2.66. The molecule has 3 amide bonds.